The van der Waals surface area contributed by atoms with Gasteiger partial charge in [-0.15, -0.1) is 12.4 Å². The maximum Gasteiger partial charge on any atom is 0.229 e. The van der Waals surface area contributed by atoms with Gasteiger partial charge in [-0.25, -0.2) is 0 Å². The fraction of sp³-hybridized carbons (Fsp3) is 0.562. The first-order valence-corrected chi connectivity index (χ1v) is 7.36. The minimum Gasteiger partial charge on any atom is -0.486 e. The minimum absolute atomic E-state index is 0. The molecule has 0 saturated carbocycles. The Bertz CT molecular complexity index is 508. The third kappa shape index (κ3) is 4.05. The van der Waals surface area contributed by atoms with Crippen molar-refractivity contribution >= 4 is 18.3 Å². The molecule has 0 aliphatic carbocycles. The van der Waals surface area contributed by atoms with Gasteiger partial charge in [-0.2, -0.15) is 0 Å². The molecule has 6 heteroatoms. The van der Waals surface area contributed by atoms with Crippen molar-refractivity contribution in [3.8, 4) is 11.5 Å². The van der Waals surface area contributed by atoms with Crippen molar-refractivity contribution in [3.05, 3.63) is 24.3 Å². The molecule has 2 rings (SSSR count). The summed E-state index contributed by atoms with van der Waals surface area (Å²) < 4.78 is 11.6. The standard InChI is InChI=1S/C16H24N2O3.ClH/c1-4-18(15(19)16(2,3)11-17)9-12-10-20-13-7-5-6-8-14(13)21-12;/h5-8,12H,4,9-11,17H2,1-3H3;1H. The number of carbonyl (C=O) groups is 1. The quantitative estimate of drug-likeness (QED) is 0.898. The summed E-state index contributed by atoms with van der Waals surface area (Å²) in [6.07, 6.45) is -0.155. The first kappa shape index (κ1) is 18.6. The van der Waals surface area contributed by atoms with Crippen molar-refractivity contribution in [1.82, 2.24) is 4.90 Å². The lowest BCUT2D eigenvalue weighted by Gasteiger charge is -2.34. The number of rotatable bonds is 5. The lowest BCUT2D eigenvalue weighted by atomic mass is 9.91. The number of hydrogen-bond acceptors (Lipinski definition) is 4. The van der Waals surface area contributed by atoms with Crippen molar-refractivity contribution < 1.29 is 14.3 Å². The Labute approximate surface area is 138 Å². The molecular formula is C16H25ClN2O3. The zero-order chi connectivity index (χ0) is 15.5. The average Bonchev–Trinajstić information content (AvgIpc) is 2.51. The molecule has 5 nitrogen and oxygen atoms in total. The van der Waals surface area contributed by atoms with Crippen LogP contribution in [0.5, 0.6) is 11.5 Å². The first-order valence-electron chi connectivity index (χ1n) is 7.36. The number of benzene rings is 1. The summed E-state index contributed by atoms with van der Waals surface area (Å²) >= 11 is 0. The van der Waals surface area contributed by atoms with Crippen molar-refractivity contribution in [2.45, 2.75) is 26.9 Å². The van der Waals surface area contributed by atoms with Crippen LogP contribution in [0.3, 0.4) is 0 Å². The Kier molecular flexibility index (Phi) is 6.50. The van der Waals surface area contributed by atoms with Crippen molar-refractivity contribution in [2.24, 2.45) is 11.1 Å². The maximum atomic E-state index is 12.5. The summed E-state index contributed by atoms with van der Waals surface area (Å²) in [5.74, 6) is 1.54. The third-order valence-electron chi connectivity index (χ3n) is 3.75. The smallest absolute Gasteiger partial charge is 0.229 e. The van der Waals surface area contributed by atoms with E-state index in [9.17, 15) is 4.79 Å². The topological polar surface area (TPSA) is 64.8 Å². The van der Waals surface area contributed by atoms with Gasteiger partial charge in [0.2, 0.25) is 5.91 Å². The monoisotopic (exact) mass is 328 g/mol. The lowest BCUT2D eigenvalue weighted by molar-refractivity contribution is -0.141. The molecule has 0 bridgehead atoms. The predicted octanol–water partition coefficient (Wildman–Crippen LogP) is 2.08. The molecule has 1 aliphatic heterocycles. The van der Waals surface area contributed by atoms with E-state index in [-0.39, 0.29) is 24.4 Å². The van der Waals surface area contributed by atoms with E-state index >= 15 is 0 Å². The molecule has 0 aromatic heterocycles. The molecule has 1 unspecified atom stereocenters. The molecule has 0 radical (unpaired) electrons. The normalized spacial score (nSPS) is 16.6. The number of amides is 1. The van der Waals surface area contributed by atoms with Gasteiger partial charge in [0.25, 0.3) is 0 Å². The number of likely N-dealkylation sites (N-methyl/N-ethyl adjacent to an activating group) is 1. The molecule has 1 aromatic carbocycles. The minimum atomic E-state index is -0.552. The maximum absolute atomic E-state index is 12.5. The van der Waals surface area contributed by atoms with E-state index in [1.54, 1.807) is 4.90 Å². The Morgan fingerprint density at radius 3 is 2.59 bits per heavy atom. The van der Waals surface area contributed by atoms with Crippen LogP contribution in [-0.4, -0.2) is 43.2 Å². The number of para-hydroxylation sites is 2. The van der Waals surface area contributed by atoms with Gasteiger partial charge in [0, 0.05) is 13.1 Å². The van der Waals surface area contributed by atoms with E-state index in [1.807, 2.05) is 45.0 Å². The van der Waals surface area contributed by atoms with Crippen LogP contribution in [0.4, 0.5) is 0 Å². The SMILES string of the molecule is CCN(CC1COc2ccccc2O1)C(=O)C(C)(C)CN.Cl. The highest BCUT2D eigenvalue weighted by Crippen LogP contribution is 2.31. The Balaban J connectivity index is 0.00000242. The average molecular weight is 329 g/mol. The second-order valence-electron chi connectivity index (χ2n) is 5.93. The molecule has 2 N–H and O–H groups in total. The van der Waals surface area contributed by atoms with Crippen LogP contribution in [0.25, 0.3) is 0 Å². The third-order valence-corrected chi connectivity index (χ3v) is 3.75. The van der Waals surface area contributed by atoms with Gasteiger partial charge in [0.15, 0.2) is 17.6 Å². The van der Waals surface area contributed by atoms with Crippen LogP contribution in [-0.2, 0) is 4.79 Å². The van der Waals surface area contributed by atoms with Crippen molar-refractivity contribution in [2.75, 3.05) is 26.2 Å². The van der Waals surface area contributed by atoms with Crippen molar-refractivity contribution in [1.29, 1.82) is 0 Å². The number of nitrogens with two attached hydrogens (primary N) is 1. The summed E-state index contributed by atoms with van der Waals surface area (Å²) in [5, 5.41) is 0. The summed E-state index contributed by atoms with van der Waals surface area (Å²) in [5.41, 5.74) is 5.14. The molecule has 1 amide bonds. The summed E-state index contributed by atoms with van der Waals surface area (Å²) in [6, 6.07) is 7.58. The first-order chi connectivity index (χ1) is 9.97. The van der Waals surface area contributed by atoms with E-state index in [2.05, 4.69) is 0 Å². The van der Waals surface area contributed by atoms with Gasteiger partial charge in [-0.3, -0.25) is 4.79 Å². The molecule has 1 atom stereocenters. The molecule has 0 saturated heterocycles. The Hall–Kier alpha value is -1.46. The second-order valence-corrected chi connectivity index (χ2v) is 5.93. The van der Waals surface area contributed by atoms with Crippen LogP contribution >= 0.6 is 12.4 Å². The summed E-state index contributed by atoms with van der Waals surface area (Å²) in [6.45, 7) is 7.60. The number of hydrogen-bond donors (Lipinski definition) is 1. The Morgan fingerprint density at radius 1 is 1.36 bits per heavy atom. The van der Waals surface area contributed by atoms with Crippen LogP contribution in [0.1, 0.15) is 20.8 Å². The van der Waals surface area contributed by atoms with E-state index in [0.29, 0.717) is 26.2 Å². The fourth-order valence-corrected chi connectivity index (χ4v) is 2.27. The van der Waals surface area contributed by atoms with Crippen molar-refractivity contribution in [3.63, 3.8) is 0 Å². The summed E-state index contributed by atoms with van der Waals surface area (Å²) in [7, 11) is 0. The van der Waals surface area contributed by atoms with Gasteiger partial charge < -0.3 is 20.1 Å². The molecule has 124 valence electrons. The molecule has 0 spiro atoms. The zero-order valence-electron chi connectivity index (χ0n) is 13.4. The molecular weight excluding hydrogens is 304 g/mol. The highest BCUT2D eigenvalue weighted by molar-refractivity contribution is 5.85. The summed E-state index contributed by atoms with van der Waals surface area (Å²) in [4.78, 5) is 14.3. The number of ether oxygens (including phenoxy) is 2. The van der Waals surface area contributed by atoms with Gasteiger partial charge in [-0.05, 0) is 32.9 Å². The number of nitrogens with zero attached hydrogens (tertiary/aromatic N) is 1. The van der Waals surface area contributed by atoms with Gasteiger partial charge >= 0.3 is 0 Å². The van der Waals surface area contributed by atoms with E-state index in [0.717, 1.165) is 11.5 Å². The number of halogens is 1. The fourth-order valence-electron chi connectivity index (χ4n) is 2.27. The van der Waals surface area contributed by atoms with E-state index in [4.69, 9.17) is 15.2 Å². The largest absolute Gasteiger partial charge is 0.486 e. The van der Waals surface area contributed by atoms with Crippen LogP contribution < -0.4 is 15.2 Å². The van der Waals surface area contributed by atoms with Gasteiger partial charge in [-0.1, -0.05) is 12.1 Å². The number of fused-ring (bicyclic) bond motifs is 1. The zero-order valence-corrected chi connectivity index (χ0v) is 14.2. The highest BCUT2D eigenvalue weighted by Gasteiger charge is 2.32. The Morgan fingerprint density at radius 2 is 2.00 bits per heavy atom. The van der Waals surface area contributed by atoms with Crippen LogP contribution in [0, 0.1) is 5.41 Å². The predicted molar refractivity (Wildman–Crippen MR) is 88.7 cm³/mol. The van der Waals surface area contributed by atoms with E-state index < -0.39 is 5.41 Å². The number of carbonyl (C=O) groups excluding carboxylic acids is 1. The van der Waals surface area contributed by atoms with Crippen LogP contribution in [0.2, 0.25) is 0 Å². The molecule has 1 aliphatic rings. The van der Waals surface area contributed by atoms with Gasteiger partial charge in [0.05, 0.1) is 12.0 Å². The molecule has 1 heterocycles. The van der Waals surface area contributed by atoms with Gasteiger partial charge in [0.1, 0.15) is 6.61 Å². The van der Waals surface area contributed by atoms with Crippen LogP contribution in [0.15, 0.2) is 24.3 Å². The molecule has 22 heavy (non-hydrogen) atoms. The molecule has 0 fully saturated rings. The highest BCUT2D eigenvalue weighted by atomic mass is 35.5. The van der Waals surface area contributed by atoms with E-state index in [1.165, 1.54) is 0 Å². The molecule has 1 aromatic rings. The second kappa shape index (κ2) is 7.70. The lowest BCUT2D eigenvalue weighted by Crippen LogP contribution is -2.49.